The maximum absolute atomic E-state index is 12.8. The molecule has 0 N–H and O–H groups in total. The van der Waals surface area contributed by atoms with Crippen molar-refractivity contribution in [2.75, 3.05) is 14.2 Å². The number of ether oxygens (including phenoxy) is 3. The maximum Gasteiger partial charge on any atom is 0.343 e. The quantitative estimate of drug-likeness (QED) is 0.636. The second-order valence-corrected chi connectivity index (χ2v) is 3.89. The molecule has 0 aliphatic rings. The molecule has 2 aromatic carbocycles. The van der Waals surface area contributed by atoms with E-state index in [-0.39, 0.29) is 11.3 Å². The molecule has 0 amide bonds. The lowest BCUT2D eigenvalue weighted by Crippen LogP contribution is -2.09. The zero-order valence-electron chi connectivity index (χ0n) is 11.1. The number of carbonyl (C=O) groups is 1. The normalized spacial score (nSPS) is 9.95. The van der Waals surface area contributed by atoms with Gasteiger partial charge in [-0.25, -0.2) is 9.18 Å². The average molecular weight is 276 g/mol. The number of rotatable bonds is 4. The summed E-state index contributed by atoms with van der Waals surface area (Å²) in [4.78, 5) is 12.0. The van der Waals surface area contributed by atoms with E-state index in [9.17, 15) is 9.18 Å². The predicted octanol–water partition coefficient (Wildman–Crippen LogP) is 3.06. The fourth-order valence-corrected chi connectivity index (χ4v) is 1.68. The lowest BCUT2D eigenvalue weighted by atomic mass is 10.2. The van der Waals surface area contributed by atoms with Crippen molar-refractivity contribution in [3.05, 3.63) is 53.8 Å². The Labute approximate surface area is 115 Å². The lowest BCUT2D eigenvalue weighted by Gasteiger charge is -2.12. The van der Waals surface area contributed by atoms with E-state index < -0.39 is 11.8 Å². The second kappa shape index (κ2) is 6.06. The number of carbonyl (C=O) groups excluding carboxylic acids is 1. The molecule has 0 atom stereocenters. The molecule has 0 aromatic heterocycles. The van der Waals surface area contributed by atoms with Crippen LogP contribution < -0.4 is 14.2 Å². The Bertz CT molecular complexity index is 608. The van der Waals surface area contributed by atoms with E-state index in [4.69, 9.17) is 14.2 Å². The highest BCUT2D eigenvalue weighted by molar-refractivity contribution is 5.91. The van der Waals surface area contributed by atoms with Gasteiger partial charge in [0, 0.05) is 0 Å². The third-order valence-electron chi connectivity index (χ3n) is 2.65. The van der Waals surface area contributed by atoms with Crippen LogP contribution in [-0.2, 0) is 0 Å². The minimum absolute atomic E-state index is 0.237. The summed E-state index contributed by atoms with van der Waals surface area (Å²) in [5, 5.41) is 0. The van der Waals surface area contributed by atoms with Crippen molar-refractivity contribution >= 4 is 5.97 Å². The molecule has 2 rings (SSSR count). The minimum Gasteiger partial charge on any atom is -0.493 e. The third kappa shape index (κ3) is 2.88. The van der Waals surface area contributed by atoms with Crippen molar-refractivity contribution in [3.63, 3.8) is 0 Å². The van der Waals surface area contributed by atoms with E-state index in [1.807, 2.05) is 0 Å². The first kappa shape index (κ1) is 13.9. The molecule has 104 valence electrons. The van der Waals surface area contributed by atoms with E-state index in [2.05, 4.69) is 0 Å². The number of hydrogen-bond donors (Lipinski definition) is 0. The van der Waals surface area contributed by atoms with Gasteiger partial charge < -0.3 is 14.2 Å². The van der Waals surface area contributed by atoms with Crippen LogP contribution in [0.3, 0.4) is 0 Å². The van der Waals surface area contributed by atoms with E-state index >= 15 is 0 Å². The molecular weight excluding hydrogens is 263 g/mol. The van der Waals surface area contributed by atoms with Gasteiger partial charge in [0.25, 0.3) is 0 Å². The van der Waals surface area contributed by atoms with E-state index in [1.54, 1.807) is 18.2 Å². The van der Waals surface area contributed by atoms with Crippen LogP contribution in [0.5, 0.6) is 17.2 Å². The summed E-state index contributed by atoms with van der Waals surface area (Å²) >= 11 is 0. The molecule has 0 unspecified atom stereocenters. The van der Waals surface area contributed by atoms with Gasteiger partial charge in [0.2, 0.25) is 5.75 Å². The number of hydrogen-bond acceptors (Lipinski definition) is 4. The molecule has 0 spiro atoms. The summed E-state index contributed by atoms with van der Waals surface area (Å²) < 4.78 is 28.3. The number of halogens is 1. The first-order valence-electron chi connectivity index (χ1n) is 5.84. The molecule has 20 heavy (non-hydrogen) atoms. The maximum atomic E-state index is 12.8. The van der Waals surface area contributed by atoms with E-state index in [1.165, 1.54) is 38.5 Å². The molecule has 0 saturated carbocycles. The zero-order chi connectivity index (χ0) is 14.5. The van der Waals surface area contributed by atoms with Crippen molar-refractivity contribution in [1.29, 1.82) is 0 Å². The Morgan fingerprint density at radius 1 is 0.950 bits per heavy atom. The van der Waals surface area contributed by atoms with Crippen LogP contribution >= 0.6 is 0 Å². The van der Waals surface area contributed by atoms with Gasteiger partial charge in [-0.15, -0.1) is 0 Å². The smallest absolute Gasteiger partial charge is 0.343 e. The Morgan fingerprint density at radius 2 is 1.60 bits per heavy atom. The second-order valence-electron chi connectivity index (χ2n) is 3.89. The summed E-state index contributed by atoms with van der Waals surface area (Å²) in [6.07, 6.45) is 0. The number of esters is 1. The molecule has 0 aliphatic carbocycles. The van der Waals surface area contributed by atoms with E-state index in [0.29, 0.717) is 11.5 Å². The summed E-state index contributed by atoms with van der Waals surface area (Å²) in [6.45, 7) is 0. The fraction of sp³-hybridized carbons (Fsp3) is 0.133. The Kier molecular flexibility index (Phi) is 4.20. The van der Waals surface area contributed by atoms with Crippen LogP contribution in [0.2, 0.25) is 0 Å². The molecule has 0 saturated heterocycles. The molecule has 5 heteroatoms. The minimum atomic E-state index is -0.600. The zero-order valence-corrected chi connectivity index (χ0v) is 11.1. The van der Waals surface area contributed by atoms with Crippen molar-refractivity contribution in [1.82, 2.24) is 0 Å². The molecule has 0 radical (unpaired) electrons. The number of benzene rings is 2. The van der Waals surface area contributed by atoms with Crippen molar-refractivity contribution in [3.8, 4) is 17.2 Å². The summed E-state index contributed by atoms with van der Waals surface area (Å²) in [6, 6.07) is 10.0. The largest absolute Gasteiger partial charge is 0.493 e. The average Bonchev–Trinajstić information content (AvgIpc) is 2.47. The standard InChI is InChI=1S/C15H13FO4/c1-18-12-4-3-5-13(14(12)19-2)20-15(17)10-6-8-11(16)9-7-10/h3-9H,1-2H3. The predicted molar refractivity (Wildman–Crippen MR) is 70.9 cm³/mol. The van der Waals surface area contributed by atoms with Crippen LogP contribution in [0.1, 0.15) is 10.4 Å². The van der Waals surface area contributed by atoms with Crippen LogP contribution in [0.25, 0.3) is 0 Å². The highest BCUT2D eigenvalue weighted by Crippen LogP contribution is 2.36. The van der Waals surface area contributed by atoms with Crippen molar-refractivity contribution in [2.45, 2.75) is 0 Å². The monoisotopic (exact) mass is 276 g/mol. The van der Waals surface area contributed by atoms with Crippen molar-refractivity contribution < 1.29 is 23.4 Å². The van der Waals surface area contributed by atoms with Crippen LogP contribution in [0, 0.1) is 5.82 Å². The molecule has 0 bridgehead atoms. The Hall–Kier alpha value is -2.56. The summed E-state index contributed by atoms with van der Waals surface area (Å²) in [5.74, 6) is 0.000562. The van der Waals surface area contributed by atoms with Gasteiger partial charge in [-0.3, -0.25) is 0 Å². The molecular formula is C15H13FO4. The molecule has 2 aromatic rings. The summed E-state index contributed by atoms with van der Waals surface area (Å²) in [5.41, 5.74) is 0.247. The van der Waals surface area contributed by atoms with Gasteiger partial charge in [-0.1, -0.05) is 6.07 Å². The van der Waals surface area contributed by atoms with Gasteiger partial charge >= 0.3 is 5.97 Å². The van der Waals surface area contributed by atoms with Gasteiger partial charge in [0.15, 0.2) is 11.5 Å². The molecule has 4 nitrogen and oxygen atoms in total. The highest BCUT2D eigenvalue weighted by Gasteiger charge is 2.15. The van der Waals surface area contributed by atoms with Gasteiger partial charge in [0.1, 0.15) is 5.82 Å². The molecule has 0 fully saturated rings. The van der Waals surface area contributed by atoms with Crippen LogP contribution in [0.15, 0.2) is 42.5 Å². The first-order valence-corrected chi connectivity index (χ1v) is 5.84. The van der Waals surface area contributed by atoms with Gasteiger partial charge in [-0.2, -0.15) is 0 Å². The van der Waals surface area contributed by atoms with Gasteiger partial charge in [-0.05, 0) is 36.4 Å². The summed E-state index contributed by atoms with van der Waals surface area (Å²) in [7, 11) is 2.94. The Balaban J connectivity index is 2.25. The number of para-hydroxylation sites is 1. The van der Waals surface area contributed by atoms with Gasteiger partial charge in [0.05, 0.1) is 19.8 Å². The highest BCUT2D eigenvalue weighted by atomic mass is 19.1. The van der Waals surface area contributed by atoms with E-state index in [0.717, 1.165) is 0 Å². The molecule has 0 heterocycles. The first-order chi connectivity index (χ1) is 9.65. The Morgan fingerprint density at radius 3 is 2.20 bits per heavy atom. The topological polar surface area (TPSA) is 44.8 Å². The van der Waals surface area contributed by atoms with Crippen molar-refractivity contribution in [2.24, 2.45) is 0 Å². The SMILES string of the molecule is COc1cccc(OC(=O)c2ccc(F)cc2)c1OC. The number of methoxy groups -OCH3 is 2. The van der Waals surface area contributed by atoms with Crippen LogP contribution in [0.4, 0.5) is 4.39 Å². The fourth-order valence-electron chi connectivity index (χ4n) is 1.68. The molecule has 0 aliphatic heterocycles. The lowest BCUT2D eigenvalue weighted by molar-refractivity contribution is 0.0729. The van der Waals surface area contributed by atoms with Crippen LogP contribution in [-0.4, -0.2) is 20.2 Å². The third-order valence-corrected chi connectivity index (χ3v) is 2.65.